The van der Waals surface area contributed by atoms with Crippen molar-refractivity contribution in [2.45, 2.75) is 25.8 Å². The number of anilines is 1. The zero-order valence-electron chi connectivity index (χ0n) is 17.9. The van der Waals surface area contributed by atoms with Gasteiger partial charge in [-0.1, -0.05) is 0 Å². The van der Waals surface area contributed by atoms with E-state index in [0.29, 0.717) is 35.6 Å². The van der Waals surface area contributed by atoms with Crippen LogP contribution in [0.25, 0.3) is 0 Å². The Morgan fingerprint density at radius 3 is 2.00 bits per heavy atom. The SMILES string of the molecule is COc1ccc(C(=O)N(CC(=O)[N+]2(C(=O)O)CCC[C@H]2C)c2ccc(OC)cc2)cc1. The number of amides is 3. The van der Waals surface area contributed by atoms with E-state index in [4.69, 9.17) is 9.47 Å². The monoisotopic (exact) mass is 427 g/mol. The number of carbonyl (C=O) groups is 3. The van der Waals surface area contributed by atoms with Crippen LogP contribution in [-0.4, -0.2) is 60.8 Å². The maximum atomic E-state index is 13.4. The van der Waals surface area contributed by atoms with Gasteiger partial charge in [-0.3, -0.25) is 9.69 Å². The van der Waals surface area contributed by atoms with Gasteiger partial charge in [0, 0.05) is 24.1 Å². The number of imide groups is 1. The molecule has 3 rings (SSSR count). The normalized spacial score (nSPS) is 20.2. The molecule has 1 unspecified atom stereocenters. The van der Waals surface area contributed by atoms with Crippen molar-refractivity contribution in [1.29, 1.82) is 0 Å². The lowest BCUT2D eigenvalue weighted by molar-refractivity contribution is -0.791. The van der Waals surface area contributed by atoms with Crippen LogP contribution in [0.1, 0.15) is 30.1 Å². The van der Waals surface area contributed by atoms with Crippen LogP contribution in [0.2, 0.25) is 0 Å². The number of quaternary nitrogens is 1. The van der Waals surface area contributed by atoms with Crippen molar-refractivity contribution in [2.75, 3.05) is 32.2 Å². The molecule has 1 saturated heterocycles. The Morgan fingerprint density at radius 1 is 1.00 bits per heavy atom. The summed E-state index contributed by atoms with van der Waals surface area (Å²) in [4.78, 5) is 40.1. The molecular weight excluding hydrogens is 400 g/mol. The van der Waals surface area contributed by atoms with Crippen molar-refractivity contribution >= 4 is 23.6 Å². The summed E-state index contributed by atoms with van der Waals surface area (Å²) in [5.41, 5.74) is 0.839. The van der Waals surface area contributed by atoms with E-state index in [1.54, 1.807) is 55.5 Å². The molecule has 1 fully saturated rings. The second-order valence-corrected chi connectivity index (χ2v) is 7.58. The van der Waals surface area contributed by atoms with E-state index < -0.39 is 22.4 Å². The predicted molar refractivity (Wildman–Crippen MR) is 115 cm³/mol. The molecule has 8 heteroatoms. The van der Waals surface area contributed by atoms with Gasteiger partial charge in [0.25, 0.3) is 5.91 Å². The Labute approximate surface area is 181 Å². The van der Waals surface area contributed by atoms with Gasteiger partial charge in [0.05, 0.1) is 20.8 Å². The number of benzene rings is 2. The van der Waals surface area contributed by atoms with Crippen LogP contribution in [0.4, 0.5) is 10.5 Å². The van der Waals surface area contributed by atoms with Gasteiger partial charge in [0.1, 0.15) is 24.1 Å². The fourth-order valence-electron chi connectivity index (χ4n) is 4.03. The molecule has 1 heterocycles. The average Bonchev–Trinajstić information content (AvgIpc) is 3.19. The van der Waals surface area contributed by atoms with E-state index in [1.165, 1.54) is 19.1 Å². The van der Waals surface area contributed by atoms with Gasteiger partial charge in [-0.05, 0) is 55.5 Å². The van der Waals surface area contributed by atoms with E-state index >= 15 is 0 Å². The fraction of sp³-hybridized carbons (Fsp3) is 0.348. The largest absolute Gasteiger partial charge is 0.521 e. The highest BCUT2D eigenvalue weighted by Crippen LogP contribution is 2.30. The zero-order chi connectivity index (χ0) is 22.6. The molecule has 1 aliphatic heterocycles. The molecule has 3 amide bonds. The summed E-state index contributed by atoms with van der Waals surface area (Å²) in [6, 6.07) is 12.9. The van der Waals surface area contributed by atoms with Crippen LogP contribution in [0.15, 0.2) is 48.5 Å². The smallest absolute Gasteiger partial charge is 0.497 e. The van der Waals surface area contributed by atoms with Crippen molar-refractivity contribution in [3.05, 3.63) is 54.1 Å². The first kappa shape index (κ1) is 22.3. The first-order chi connectivity index (χ1) is 14.8. The molecule has 0 bridgehead atoms. The molecule has 0 aliphatic carbocycles. The Kier molecular flexibility index (Phi) is 6.60. The lowest BCUT2D eigenvalue weighted by Crippen LogP contribution is -2.61. The summed E-state index contributed by atoms with van der Waals surface area (Å²) < 4.78 is 9.66. The molecule has 0 saturated carbocycles. The van der Waals surface area contributed by atoms with Crippen LogP contribution in [0.3, 0.4) is 0 Å². The summed E-state index contributed by atoms with van der Waals surface area (Å²) in [6.07, 6.45) is 0.114. The lowest BCUT2D eigenvalue weighted by Gasteiger charge is -2.32. The highest BCUT2D eigenvalue weighted by atomic mass is 16.5. The predicted octanol–water partition coefficient (Wildman–Crippen LogP) is 3.55. The van der Waals surface area contributed by atoms with Gasteiger partial charge < -0.3 is 14.6 Å². The first-order valence-corrected chi connectivity index (χ1v) is 10.1. The number of hydrogen-bond donors (Lipinski definition) is 1. The third kappa shape index (κ3) is 4.25. The van der Waals surface area contributed by atoms with Crippen LogP contribution < -0.4 is 14.4 Å². The second kappa shape index (κ2) is 9.18. The molecule has 1 N–H and O–H groups in total. The summed E-state index contributed by atoms with van der Waals surface area (Å²) >= 11 is 0. The number of likely N-dealkylation sites (tertiary alicyclic amines) is 1. The van der Waals surface area contributed by atoms with Crippen LogP contribution in [0.5, 0.6) is 11.5 Å². The summed E-state index contributed by atoms with van der Waals surface area (Å²) in [5.74, 6) is 0.283. The van der Waals surface area contributed by atoms with Gasteiger partial charge in [0.15, 0.2) is 0 Å². The van der Waals surface area contributed by atoms with Crippen LogP contribution >= 0.6 is 0 Å². The maximum Gasteiger partial charge on any atom is 0.521 e. The van der Waals surface area contributed by atoms with Gasteiger partial charge >= 0.3 is 12.0 Å². The second-order valence-electron chi connectivity index (χ2n) is 7.58. The number of carbonyl (C=O) groups excluding carboxylic acids is 2. The van der Waals surface area contributed by atoms with Crippen molar-refractivity contribution in [2.24, 2.45) is 0 Å². The molecule has 2 atom stereocenters. The van der Waals surface area contributed by atoms with Gasteiger partial charge in [-0.15, -0.1) is 0 Å². The van der Waals surface area contributed by atoms with E-state index in [0.717, 1.165) is 0 Å². The number of nitrogens with zero attached hydrogens (tertiary/aromatic N) is 2. The minimum Gasteiger partial charge on any atom is -0.497 e. The van der Waals surface area contributed by atoms with E-state index in [2.05, 4.69) is 0 Å². The Morgan fingerprint density at radius 2 is 1.55 bits per heavy atom. The molecule has 2 aromatic rings. The number of methoxy groups -OCH3 is 2. The molecule has 0 radical (unpaired) electrons. The summed E-state index contributed by atoms with van der Waals surface area (Å²) in [6.45, 7) is 1.64. The van der Waals surface area contributed by atoms with Gasteiger partial charge in [-0.25, -0.2) is 4.79 Å². The molecule has 31 heavy (non-hydrogen) atoms. The average molecular weight is 427 g/mol. The highest BCUT2D eigenvalue weighted by molar-refractivity contribution is 6.08. The highest BCUT2D eigenvalue weighted by Gasteiger charge is 2.53. The minimum atomic E-state index is -1.18. The quantitative estimate of drug-likeness (QED) is 0.709. The Balaban J connectivity index is 1.97. The molecule has 0 spiro atoms. The molecule has 8 nitrogen and oxygen atoms in total. The summed E-state index contributed by atoms with van der Waals surface area (Å²) in [5, 5.41) is 9.89. The fourth-order valence-corrected chi connectivity index (χ4v) is 4.03. The zero-order valence-corrected chi connectivity index (χ0v) is 17.9. The number of carboxylic acid groups (broad SMARTS) is 1. The molecule has 2 aromatic carbocycles. The topological polar surface area (TPSA) is 93.1 Å². The van der Waals surface area contributed by atoms with Crippen LogP contribution in [0, 0.1) is 0 Å². The first-order valence-electron chi connectivity index (χ1n) is 10.1. The Bertz CT molecular complexity index is 957. The van der Waals surface area contributed by atoms with Crippen molar-refractivity contribution in [1.82, 2.24) is 0 Å². The maximum absolute atomic E-state index is 13.4. The number of ether oxygens (including phenoxy) is 2. The number of rotatable bonds is 6. The van der Waals surface area contributed by atoms with Crippen molar-refractivity contribution in [3.8, 4) is 11.5 Å². The van der Waals surface area contributed by atoms with Crippen LogP contribution in [-0.2, 0) is 4.79 Å². The van der Waals surface area contributed by atoms with Crippen molar-refractivity contribution < 1.29 is 33.4 Å². The van der Waals surface area contributed by atoms with Gasteiger partial charge in [0.2, 0.25) is 0 Å². The van der Waals surface area contributed by atoms with Gasteiger partial charge in [-0.2, -0.15) is 9.28 Å². The lowest BCUT2D eigenvalue weighted by atomic mass is 10.1. The number of hydrogen-bond acceptors (Lipinski definition) is 5. The van der Waals surface area contributed by atoms with Crippen molar-refractivity contribution in [3.63, 3.8) is 0 Å². The summed E-state index contributed by atoms with van der Waals surface area (Å²) in [7, 11) is 3.07. The standard InChI is InChI=1S/C23H26N2O6/c1-16-5-4-14-25(16,23(28)29)21(26)15-24(18-8-12-20(31-3)13-9-18)22(27)17-6-10-19(30-2)11-7-17/h6-13,16H,4-5,14-15H2,1-3H3/p+1/t16-,25?/m1/s1. The Hall–Kier alpha value is -3.39. The third-order valence-corrected chi connectivity index (χ3v) is 5.93. The molecule has 0 aromatic heterocycles. The molecule has 1 aliphatic rings. The molecular formula is C23H27N2O6+. The van der Waals surface area contributed by atoms with E-state index in [9.17, 15) is 19.5 Å². The minimum absolute atomic E-state index is 0.225. The van der Waals surface area contributed by atoms with E-state index in [-0.39, 0.29) is 19.1 Å². The molecule has 164 valence electrons. The third-order valence-electron chi connectivity index (χ3n) is 5.93. The van der Waals surface area contributed by atoms with E-state index in [1.807, 2.05) is 0 Å².